The van der Waals surface area contributed by atoms with Crippen molar-refractivity contribution in [1.82, 2.24) is 20.1 Å². The monoisotopic (exact) mass is 288 g/mol. The quantitative estimate of drug-likeness (QED) is 0.791. The standard InChI is InChI=1S/C17H28N4/c1-20(11-12-21-9-2-3-10-21)14-17-6-4-5-16(19-17)13-18-15-7-8-15/h4-6,15,18H,2-3,7-14H2,1H3. The lowest BCUT2D eigenvalue weighted by atomic mass is 10.3. The highest BCUT2D eigenvalue weighted by atomic mass is 15.2. The molecule has 1 saturated heterocycles. The fraction of sp³-hybridized carbons (Fsp3) is 0.706. The number of pyridine rings is 1. The molecule has 1 aliphatic heterocycles. The van der Waals surface area contributed by atoms with Gasteiger partial charge in [-0.2, -0.15) is 0 Å². The molecule has 116 valence electrons. The molecule has 21 heavy (non-hydrogen) atoms. The van der Waals surface area contributed by atoms with Crippen molar-refractivity contribution in [2.75, 3.05) is 33.2 Å². The SMILES string of the molecule is CN(CCN1CCCC1)Cc1cccc(CNC2CC2)n1. The number of rotatable bonds is 8. The highest BCUT2D eigenvalue weighted by Gasteiger charge is 2.20. The molecule has 1 aromatic rings. The maximum Gasteiger partial charge on any atom is 0.0547 e. The van der Waals surface area contributed by atoms with E-state index in [1.807, 2.05) is 0 Å². The predicted molar refractivity (Wildman–Crippen MR) is 86.1 cm³/mol. The first-order chi connectivity index (χ1) is 10.3. The van der Waals surface area contributed by atoms with Crippen molar-refractivity contribution in [3.63, 3.8) is 0 Å². The Labute approximate surface area is 128 Å². The molecule has 4 heteroatoms. The van der Waals surface area contributed by atoms with Crippen molar-refractivity contribution in [2.45, 2.75) is 44.8 Å². The lowest BCUT2D eigenvalue weighted by Crippen LogP contribution is -2.31. The van der Waals surface area contributed by atoms with E-state index in [-0.39, 0.29) is 0 Å². The van der Waals surface area contributed by atoms with Crippen molar-refractivity contribution in [2.24, 2.45) is 0 Å². The van der Waals surface area contributed by atoms with Gasteiger partial charge in [0.2, 0.25) is 0 Å². The third-order valence-corrected chi connectivity index (χ3v) is 4.44. The van der Waals surface area contributed by atoms with Crippen LogP contribution in [0.25, 0.3) is 0 Å². The van der Waals surface area contributed by atoms with Crippen LogP contribution in [0.1, 0.15) is 37.1 Å². The Morgan fingerprint density at radius 1 is 1.24 bits per heavy atom. The zero-order valence-corrected chi connectivity index (χ0v) is 13.2. The second kappa shape index (κ2) is 7.34. The summed E-state index contributed by atoms with van der Waals surface area (Å²) in [6.45, 7) is 6.76. The second-order valence-electron chi connectivity index (χ2n) is 6.56. The summed E-state index contributed by atoms with van der Waals surface area (Å²) in [4.78, 5) is 9.73. The highest BCUT2D eigenvalue weighted by Crippen LogP contribution is 2.19. The van der Waals surface area contributed by atoms with E-state index in [9.17, 15) is 0 Å². The maximum absolute atomic E-state index is 4.77. The van der Waals surface area contributed by atoms with E-state index in [1.165, 1.54) is 56.7 Å². The Kier molecular flexibility index (Phi) is 5.22. The molecule has 1 aromatic heterocycles. The van der Waals surface area contributed by atoms with Gasteiger partial charge in [0, 0.05) is 32.2 Å². The first-order valence-corrected chi connectivity index (χ1v) is 8.39. The Morgan fingerprint density at radius 2 is 2.00 bits per heavy atom. The van der Waals surface area contributed by atoms with E-state index in [2.05, 4.69) is 40.4 Å². The summed E-state index contributed by atoms with van der Waals surface area (Å²) in [5.41, 5.74) is 2.36. The highest BCUT2D eigenvalue weighted by molar-refractivity contribution is 5.11. The van der Waals surface area contributed by atoms with Gasteiger partial charge in [-0.25, -0.2) is 0 Å². The molecule has 2 fully saturated rings. The molecule has 1 aliphatic carbocycles. The van der Waals surface area contributed by atoms with Crippen molar-refractivity contribution in [1.29, 1.82) is 0 Å². The van der Waals surface area contributed by atoms with Crippen LogP contribution in [0, 0.1) is 0 Å². The smallest absolute Gasteiger partial charge is 0.0547 e. The third kappa shape index (κ3) is 5.06. The summed E-state index contributed by atoms with van der Waals surface area (Å²) in [6.07, 6.45) is 5.42. The third-order valence-electron chi connectivity index (χ3n) is 4.44. The molecular weight excluding hydrogens is 260 g/mol. The van der Waals surface area contributed by atoms with E-state index in [0.29, 0.717) is 0 Å². The molecule has 0 atom stereocenters. The van der Waals surface area contributed by atoms with Crippen LogP contribution < -0.4 is 5.32 Å². The van der Waals surface area contributed by atoms with Crippen LogP contribution in [0.2, 0.25) is 0 Å². The van der Waals surface area contributed by atoms with Crippen molar-refractivity contribution >= 4 is 0 Å². The first-order valence-electron chi connectivity index (χ1n) is 8.39. The molecule has 4 nitrogen and oxygen atoms in total. The Balaban J connectivity index is 1.43. The molecular formula is C17H28N4. The minimum Gasteiger partial charge on any atom is -0.308 e. The van der Waals surface area contributed by atoms with Crippen LogP contribution in [0.3, 0.4) is 0 Å². The number of likely N-dealkylation sites (tertiary alicyclic amines) is 1. The molecule has 0 unspecified atom stereocenters. The number of hydrogen-bond acceptors (Lipinski definition) is 4. The average Bonchev–Trinajstić information content (AvgIpc) is 3.17. The van der Waals surface area contributed by atoms with Crippen LogP contribution in [0.4, 0.5) is 0 Å². The van der Waals surface area contributed by atoms with E-state index < -0.39 is 0 Å². The van der Waals surface area contributed by atoms with E-state index >= 15 is 0 Å². The summed E-state index contributed by atoms with van der Waals surface area (Å²) in [5, 5.41) is 3.53. The van der Waals surface area contributed by atoms with Crippen LogP contribution in [0.15, 0.2) is 18.2 Å². The summed E-state index contributed by atoms with van der Waals surface area (Å²) in [5.74, 6) is 0. The van der Waals surface area contributed by atoms with Gasteiger partial charge in [0.25, 0.3) is 0 Å². The topological polar surface area (TPSA) is 31.4 Å². The lowest BCUT2D eigenvalue weighted by molar-refractivity contribution is 0.250. The zero-order valence-electron chi connectivity index (χ0n) is 13.2. The van der Waals surface area contributed by atoms with Gasteiger partial charge in [-0.05, 0) is 58.0 Å². The molecule has 3 rings (SSSR count). The van der Waals surface area contributed by atoms with Gasteiger partial charge >= 0.3 is 0 Å². The molecule has 1 N–H and O–H groups in total. The van der Waals surface area contributed by atoms with E-state index in [4.69, 9.17) is 4.98 Å². The van der Waals surface area contributed by atoms with Crippen LogP contribution in [-0.2, 0) is 13.1 Å². The molecule has 1 saturated carbocycles. The zero-order chi connectivity index (χ0) is 14.5. The van der Waals surface area contributed by atoms with E-state index in [1.54, 1.807) is 0 Å². The number of likely N-dealkylation sites (N-methyl/N-ethyl adjacent to an activating group) is 1. The maximum atomic E-state index is 4.77. The van der Waals surface area contributed by atoms with Crippen LogP contribution in [0.5, 0.6) is 0 Å². The first kappa shape index (κ1) is 14.9. The van der Waals surface area contributed by atoms with Gasteiger partial charge in [0.15, 0.2) is 0 Å². The van der Waals surface area contributed by atoms with Gasteiger partial charge in [-0.3, -0.25) is 9.88 Å². The van der Waals surface area contributed by atoms with Gasteiger partial charge < -0.3 is 10.2 Å². The Morgan fingerprint density at radius 3 is 2.76 bits per heavy atom. The Hall–Kier alpha value is -0.970. The molecule has 2 aliphatic rings. The van der Waals surface area contributed by atoms with Gasteiger partial charge in [-0.15, -0.1) is 0 Å². The molecule has 0 amide bonds. The molecule has 0 bridgehead atoms. The normalized spacial score (nSPS) is 19.5. The fourth-order valence-corrected chi connectivity index (χ4v) is 2.93. The van der Waals surface area contributed by atoms with Gasteiger partial charge in [-0.1, -0.05) is 6.07 Å². The number of nitrogens with one attached hydrogen (secondary N) is 1. The van der Waals surface area contributed by atoms with Crippen molar-refractivity contribution < 1.29 is 0 Å². The van der Waals surface area contributed by atoms with Crippen molar-refractivity contribution in [3.05, 3.63) is 29.6 Å². The summed E-state index contributed by atoms with van der Waals surface area (Å²) >= 11 is 0. The van der Waals surface area contributed by atoms with E-state index in [0.717, 1.165) is 25.7 Å². The average molecular weight is 288 g/mol. The predicted octanol–water partition coefficient (Wildman–Crippen LogP) is 1.86. The van der Waals surface area contributed by atoms with Crippen molar-refractivity contribution in [3.8, 4) is 0 Å². The number of hydrogen-bond donors (Lipinski definition) is 1. The fourth-order valence-electron chi connectivity index (χ4n) is 2.93. The molecule has 0 radical (unpaired) electrons. The summed E-state index contributed by atoms with van der Waals surface area (Å²) < 4.78 is 0. The number of nitrogens with zero attached hydrogens (tertiary/aromatic N) is 3. The minimum absolute atomic E-state index is 0.749. The van der Waals surface area contributed by atoms with Crippen LogP contribution in [-0.4, -0.2) is 54.1 Å². The lowest BCUT2D eigenvalue weighted by Gasteiger charge is -2.21. The minimum atomic E-state index is 0.749. The van der Waals surface area contributed by atoms with Gasteiger partial charge in [0.05, 0.1) is 11.4 Å². The van der Waals surface area contributed by atoms with Gasteiger partial charge in [0.1, 0.15) is 0 Å². The summed E-state index contributed by atoms with van der Waals surface area (Å²) in [6, 6.07) is 7.16. The molecule has 2 heterocycles. The molecule has 0 aromatic carbocycles. The Bertz CT molecular complexity index is 438. The summed E-state index contributed by atoms with van der Waals surface area (Å²) in [7, 11) is 2.20. The van der Waals surface area contributed by atoms with Crippen LogP contribution >= 0.6 is 0 Å². The number of aromatic nitrogens is 1. The molecule has 0 spiro atoms. The second-order valence-corrected chi connectivity index (χ2v) is 6.56. The largest absolute Gasteiger partial charge is 0.308 e.